The van der Waals surface area contributed by atoms with Gasteiger partial charge in [-0.3, -0.25) is 4.79 Å². The van der Waals surface area contributed by atoms with E-state index in [1.54, 1.807) is 12.1 Å². The van der Waals surface area contributed by atoms with Gasteiger partial charge >= 0.3 is 0 Å². The molecule has 2 heterocycles. The number of halogens is 1. The molecule has 0 bridgehead atoms. The van der Waals surface area contributed by atoms with Crippen LogP contribution < -0.4 is 10.1 Å². The molecule has 5 nitrogen and oxygen atoms in total. The highest BCUT2D eigenvalue weighted by atomic mass is 19.1. The Bertz CT molecular complexity index is 821. The molecule has 0 aromatic heterocycles. The van der Waals surface area contributed by atoms with Gasteiger partial charge in [0.1, 0.15) is 6.29 Å². The van der Waals surface area contributed by atoms with Gasteiger partial charge in [0.2, 0.25) is 0 Å². The summed E-state index contributed by atoms with van der Waals surface area (Å²) in [5.74, 6) is -0.284. The Kier molecular flexibility index (Phi) is 6.08. The zero-order valence-corrected chi connectivity index (χ0v) is 15.6. The molecule has 1 aromatic rings. The summed E-state index contributed by atoms with van der Waals surface area (Å²) in [6.07, 6.45) is 10.2. The number of methoxy groups -OCH3 is 1. The van der Waals surface area contributed by atoms with Crippen molar-refractivity contribution in [2.45, 2.75) is 0 Å². The Morgan fingerprint density at radius 1 is 1.26 bits per heavy atom. The molecule has 0 aliphatic carbocycles. The minimum Gasteiger partial charge on any atom is -0.494 e. The lowest BCUT2D eigenvalue weighted by atomic mass is 10.0. The summed E-state index contributed by atoms with van der Waals surface area (Å²) >= 11 is 0. The molecule has 6 heteroatoms. The van der Waals surface area contributed by atoms with Gasteiger partial charge in [-0.1, -0.05) is 6.07 Å². The topological polar surface area (TPSA) is 44.8 Å². The molecule has 1 saturated heterocycles. The van der Waals surface area contributed by atoms with E-state index in [1.807, 2.05) is 24.1 Å². The second kappa shape index (κ2) is 8.68. The molecule has 0 amide bonds. The van der Waals surface area contributed by atoms with Gasteiger partial charge in [0.05, 0.1) is 12.8 Å². The monoisotopic (exact) mass is 369 g/mol. The lowest BCUT2D eigenvalue weighted by molar-refractivity contribution is -0.104. The van der Waals surface area contributed by atoms with Gasteiger partial charge in [0.25, 0.3) is 0 Å². The van der Waals surface area contributed by atoms with E-state index in [2.05, 4.69) is 22.5 Å². The van der Waals surface area contributed by atoms with Crippen molar-refractivity contribution in [3.8, 4) is 5.75 Å². The highest BCUT2D eigenvalue weighted by Gasteiger charge is 2.16. The van der Waals surface area contributed by atoms with E-state index < -0.39 is 5.82 Å². The maximum atomic E-state index is 14.1. The molecule has 0 radical (unpaired) electrons. The molecule has 27 heavy (non-hydrogen) atoms. The summed E-state index contributed by atoms with van der Waals surface area (Å²) in [4.78, 5) is 15.4. The predicted octanol–water partition coefficient (Wildman–Crippen LogP) is 2.55. The second-order valence-corrected chi connectivity index (χ2v) is 6.41. The second-order valence-electron chi connectivity index (χ2n) is 6.41. The van der Waals surface area contributed by atoms with Crippen LogP contribution in [-0.4, -0.2) is 56.4 Å². The number of rotatable bonds is 5. The Labute approximate surface area is 159 Å². The van der Waals surface area contributed by atoms with Crippen molar-refractivity contribution in [3.05, 3.63) is 71.5 Å². The normalized spacial score (nSPS) is 19.3. The van der Waals surface area contributed by atoms with Crippen LogP contribution in [0.2, 0.25) is 0 Å². The first-order valence-electron chi connectivity index (χ1n) is 8.92. The van der Waals surface area contributed by atoms with E-state index >= 15 is 0 Å². The van der Waals surface area contributed by atoms with Crippen molar-refractivity contribution in [1.82, 2.24) is 15.1 Å². The van der Waals surface area contributed by atoms with Crippen LogP contribution in [0.15, 0.2) is 60.1 Å². The van der Waals surface area contributed by atoms with Crippen molar-refractivity contribution >= 4 is 11.9 Å². The fourth-order valence-electron chi connectivity index (χ4n) is 3.17. The number of hydrogen-bond donors (Lipinski definition) is 1. The molecule has 0 unspecified atom stereocenters. The number of carbonyl (C=O) groups is 1. The number of benzene rings is 1. The van der Waals surface area contributed by atoms with E-state index in [0.717, 1.165) is 37.6 Å². The molecule has 2 aliphatic heterocycles. The van der Waals surface area contributed by atoms with Crippen molar-refractivity contribution in [2.75, 3.05) is 40.3 Å². The van der Waals surface area contributed by atoms with Crippen molar-refractivity contribution in [2.24, 2.45) is 0 Å². The first-order chi connectivity index (χ1) is 13.1. The van der Waals surface area contributed by atoms with Gasteiger partial charge in [0.15, 0.2) is 11.6 Å². The fourth-order valence-corrected chi connectivity index (χ4v) is 3.17. The number of nitrogens with one attached hydrogen (secondary N) is 1. The van der Waals surface area contributed by atoms with Crippen LogP contribution in [0.25, 0.3) is 5.57 Å². The van der Waals surface area contributed by atoms with E-state index in [-0.39, 0.29) is 5.75 Å². The Morgan fingerprint density at radius 2 is 2.04 bits per heavy atom. The van der Waals surface area contributed by atoms with Crippen LogP contribution in [0, 0.1) is 5.82 Å². The summed E-state index contributed by atoms with van der Waals surface area (Å²) in [5, 5.41) is 3.35. The molecule has 1 aromatic carbocycles. The summed E-state index contributed by atoms with van der Waals surface area (Å²) in [7, 11) is 3.39. The number of allylic oxidation sites excluding steroid dienone is 5. The van der Waals surface area contributed by atoms with Crippen LogP contribution in [0.5, 0.6) is 5.75 Å². The molecule has 142 valence electrons. The largest absolute Gasteiger partial charge is 0.494 e. The maximum Gasteiger partial charge on any atom is 0.165 e. The van der Waals surface area contributed by atoms with Gasteiger partial charge in [-0.25, -0.2) is 4.39 Å². The zero-order chi connectivity index (χ0) is 19.2. The SMILES string of the molecule is COc1ccc(C(/C=C2/C=CC(N3CCNCC3)=CN2C)=C/C=O)cc1F. The lowest BCUT2D eigenvalue weighted by Gasteiger charge is -2.33. The van der Waals surface area contributed by atoms with Gasteiger partial charge in [-0.15, -0.1) is 0 Å². The predicted molar refractivity (Wildman–Crippen MR) is 105 cm³/mol. The smallest absolute Gasteiger partial charge is 0.165 e. The van der Waals surface area contributed by atoms with E-state index in [9.17, 15) is 9.18 Å². The van der Waals surface area contributed by atoms with E-state index in [1.165, 1.54) is 19.3 Å². The van der Waals surface area contributed by atoms with Crippen molar-refractivity contribution in [1.29, 1.82) is 0 Å². The Morgan fingerprint density at radius 3 is 2.67 bits per heavy atom. The third kappa shape index (κ3) is 4.46. The molecular weight excluding hydrogens is 345 g/mol. The highest BCUT2D eigenvalue weighted by molar-refractivity contribution is 5.87. The third-order valence-corrected chi connectivity index (χ3v) is 4.68. The van der Waals surface area contributed by atoms with Crippen molar-refractivity contribution < 1.29 is 13.9 Å². The van der Waals surface area contributed by atoms with Crippen molar-refractivity contribution in [3.63, 3.8) is 0 Å². The average Bonchev–Trinajstić information content (AvgIpc) is 2.69. The van der Waals surface area contributed by atoms with Crippen LogP contribution in [-0.2, 0) is 4.79 Å². The van der Waals surface area contributed by atoms with Crippen LogP contribution in [0.4, 0.5) is 4.39 Å². The molecule has 0 spiro atoms. The molecule has 3 rings (SSSR count). The molecule has 0 atom stereocenters. The van der Waals surface area contributed by atoms with Crippen LogP contribution in [0.3, 0.4) is 0 Å². The highest BCUT2D eigenvalue weighted by Crippen LogP contribution is 2.26. The van der Waals surface area contributed by atoms with Gasteiger partial charge in [-0.05, 0) is 47.6 Å². The summed E-state index contributed by atoms with van der Waals surface area (Å²) in [5.41, 5.74) is 3.33. The van der Waals surface area contributed by atoms with Gasteiger partial charge in [0, 0.05) is 45.1 Å². The number of nitrogens with zero attached hydrogens (tertiary/aromatic N) is 2. The number of ether oxygens (including phenoxy) is 1. The lowest BCUT2D eigenvalue weighted by Crippen LogP contribution is -2.43. The number of aldehydes is 1. The molecule has 0 saturated carbocycles. The maximum absolute atomic E-state index is 14.1. The first kappa shape index (κ1) is 18.9. The Hall–Kier alpha value is -2.86. The number of hydrogen-bond acceptors (Lipinski definition) is 5. The summed E-state index contributed by atoms with van der Waals surface area (Å²) in [6, 6.07) is 4.67. The minimum absolute atomic E-state index is 0.176. The first-order valence-corrected chi connectivity index (χ1v) is 8.92. The quantitative estimate of drug-likeness (QED) is 0.638. The van der Waals surface area contributed by atoms with E-state index in [0.29, 0.717) is 17.4 Å². The molecule has 1 N–H and O–H groups in total. The van der Waals surface area contributed by atoms with Gasteiger partial charge < -0.3 is 19.9 Å². The standard InChI is InChI=1S/C21H24FN3O2/c1-24-15-19(25-10-8-23-9-11-25)5-4-18(24)13-17(7-12-26)16-3-6-21(27-2)20(22)14-16/h3-7,12-15,23H,8-11H2,1-2H3/b17-7+,18-13-. The summed E-state index contributed by atoms with van der Waals surface area (Å²) < 4.78 is 19.0. The minimum atomic E-state index is -0.460. The Balaban J connectivity index is 1.84. The third-order valence-electron chi connectivity index (χ3n) is 4.68. The molecular formula is C21H24FN3O2. The van der Waals surface area contributed by atoms with Crippen LogP contribution in [0.1, 0.15) is 5.56 Å². The number of piperazine rings is 1. The molecule has 2 aliphatic rings. The summed E-state index contributed by atoms with van der Waals surface area (Å²) in [6.45, 7) is 3.91. The average molecular weight is 369 g/mol. The van der Waals surface area contributed by atoms with Crippen LogP contribution >= 0.6 is 0 Å². The molecule has 1 fully saturated rings. The van der Waals surface area contributed by atoms with Gasteiger partial charge in [-0.2, -0.15) is 0 Å². The fraction of sp³-hybridized carbons (Fsp3) is 0.286. The van der Waals surface area contributed by atoms with E-state index in [4.69, 9.17) is 4.74 Å². The number of likely N-dealkylation sites (N-methyl/N-ethyl adjacent to an activating group) is 1. The zero-order valence-electron chi connectivity index (χ0n) is 15.6. The number of carbonyl (C=O) groups excluding carboxylic acids is 1.